The van der Waals surface area contributed by atoms with Gasteiger partial charge >= 0.3 is 0 Å². The number of carbonyl (C=O) groups is 1. The number of nitrogens with zero attached hydrogens (tertiary/aromatic N) is 1. The van der Waals surface area contributed by atoms with Crippen LogP contribution in [0.4, 0.5) is 5.69 Å². The average molecular weight is 484 g/mol. The lowest BCUT2D eigenvalue weighted by molar-refractivity contribution is -0.112. The van der Waals surface area contributed by atoms with Crippen LogP contribution in [0.15, 0.2) is 76.8 Å². The minimum atomic E-state index is -0.581. The molecule has 0 saturated heterocycles. The number of ether oxygens (including phenoxy) is 1. The summed E-state index contributed by atoms with van der Waals surface area (Å²) in [7, 11) is 0. The zero-order valence-corrected chi connectivity index (χ0v) is 17.9. The lowest BCUT2D eigenvalue weighted by Crippen LogP contribution is -2.13. The molecule has 0 atom stereocenters. The number of anilines is 1. The number of nitriles is 1. The Morgan fingerprint density at radius 2 is 1.83 bits per heavy atom. The molecule has 0 aliphatic carbocycles. The first-order valence-corrected chi connectivity index (χ1v) is 10.0. The van der Waals surface area contributed by atoms with Gasteiger partial charge in [0, 0.05) is 20.7 Å². The minimum absolute atomic E-state index is 0.0792. The number of carbonyl (C=O) groups excluding carboxylic acids is 1. The van der Waals surface area contributed by atoms with Crippen molar-refractivity contribution in [2.75, 3.05) is 5.32 Å². The van der Waals surface area contributed by atoms with Crippen molar-refractivity contribution in [2.45, 2.75) is 6.61 Å². The molecule has 0 saturated carbocycles. The molecule has 0 bridgehead atoms. The lowest BCUT2D eigenvalue weighted by atomic mass is 10.1. The van der Waals surface area contributed by atoms with E-state index in [0.717, 1.165) is 10.0 Å². The first-order chi connectivity index (χ1) is 14.4. The van der Waals surface area contributed by atoms with E-state index in [1.54, 1.807) is 18.2 Å². The van der Waals surface area contributed by atoms with E-state index in [-0.39, 0.29) is 11.3 Å². The van der Waals surface area contributed by atoms with Gasteiger partial charge in [-0.05, 0) is 66.2 Å². The van der Waals surface area contributed by atoms with Gasteiger partial charge in [0.1, 0.15) is 29.7 Å². The highest BCUT2D eigenvalue weighted by atomic mass is 79.9. The zero-order chi connectivity index (χ0) is 21.5. The molecule has 30 heavy (non-hydrogen) atoms. The van der Waals surface area contributed by atoms with Gasteiger partial charge in [-0.15, -0.1) is 0 Å². The van der Waals surface area contributed by atoms with E-state index in [4.69, 9.17) is 16.3 Å². The Labute approximate surface area is 187 Å². The van der Waals surface area contributed by atoms with Crippen molar-refractivity contribution in [1.82, 2.24) is 0 Å². The number of halogens is 2. The van der Waals surface area contributed by atoms with Gasteiger partial charge in [0.25, 0.3) is 5.91 Å². The maximum absolute atomic E-state index is 12.5. The van der Waals surface area contributed by atoms with Crippen molar-refractivity contribution in [3.05, 3.63) is 92.9 Å². The third kappa shape index (κ3) is 5.86. The Hall–Kier alpha value is -3.27. The van der Waals surface area contributed by atoms with Crippen molar-refractivity contribution in [3.63, 3.8) is 0 Å². The average Bonchev–Trinajstić information content (AvgIpc) is 2.74. The number of nitrogens with one attached hydrogen (secondary N) is 1. The number of phenols is 1. The van der Waals surface area contributed by atoms with Gasteiger partial charge in [0.05, 0.1) is 0 Å². The van der Waals surface area contributed by atoms with E-state index in [2.05, 4.69) is 21.2 Å². The van der Waals surface area contributed by atoms with Crippen LogP contribution in [0.5, 0.6) is 11.5 Å². The number of hydrogen-bond donors (Lipinski definition) is 2. The largest absolute Gasteiger partial charge is 0.508 e. The molecular weight excluding hydrogens is 468 g/mol. The third-order valence-electron chi connectivity index (χ3n) is 4.07. The summed E-state index contributed by atoms with van der Waals surface area (Å²) in [6, 6.07) is 20.6. The molecule has 0 aliphatic rings. The summed E-state index contributed by atoms with van der Waals surface area (Å²) in [5, 5.41) is 21.9. The minimum Gasteiger partial charge on any atom is -0.508 e. The molecule has 0 unspecified atom stereocenters. The highest BCUT2D eigenvalue weighted by Gasteiger charge is 2.12. The summed E-state index contributed by atoms with van der Waals surface area (Å²) in [5.41, 5.74) is 1.82. The van der Waals surface area contributed by atoms with Crippen molar-refractivity contribution in [2.24, 2.45) is 0 Å². The normalized spacial score (nSPS) is 10.9. The summed E-state index contributed by atoms with van der Waals surface area (Å²) >= 11 is 9.50. The van der Waals surface area contributed by atoms with Gasteiger partial charge in [0.15, 0.2) is 0 Å². The molecule has 2 N–H and O–H groups in total. The predicted octanol–water partition coefficient (Wildman–Crippen LogP) is 5.93. The number of rotatable bonds is 6. The standard InChI is InChI=1S/C23H16BrClN2O3/c24-18-3-1-15(2-4-18)14-30-22-10-5-19(25)12-16(22)11-17(13-26)23(29)27-20-6-8-21(28)9-7-20/h1-12,28H,14H2,(H,27,29). The molecule has 3 rings (SSSR count). The SMILES string of the molecule is N#CC(=Cc1cc(Cl)ccc1OCc1ccc(Br)cc1)C(=O)Nc1ccc(O)cc1. The monoisotopic (exact) mass is 482 g/mol. The summed E-state index contributed by atoms with van der Waals surface area (Å²) in [4.78, 5) is 12.5. The number of hydrogen-bond acceptors (Lipinski definition) is 4. The number of phenolic OH excluding ortho intramolecular Hbond substituents is 1. The second-order valence-electron chi connectivity index (χ2n) is 6.27. The van der Waals surface area contributed by atoms with Crippen molar-refractivity contribution < 1.29 is 14.6 Å². The molecule has 0 spiro atoms. The molecule has 3 aromatic rings. The summed E-state index contributed by atoms with van der Waals surface area (Å²) < 4.78 is 6.86. The molecule has 7 heteroatoms. The fourth-order valence-corrected chi connectivity index (χ4v) is 3.00. The number of amides is 1. The molecule has 5 nitrogen and oxygen atoms in total. The fourth-order valence-electron chi connectivity index (χ4n) is 2.55. The molecule has 0 aliphatic heterocycles. The maximum Gasteiger partial charge on any atom is 0.266 e. The predicted molar refractivity (Wildman–Crippen MR) is 120 cm³/mol. The van der Waals surface area contributed by atoms with Crippen LogP contribution < -0.4 is 10.1 Å². The molecule has 0 fully saturated rings. The Morgan fingerprint density at radius 1 is 1.13 bits per heavy atom. The summed E-state index contributed by atoms with van der Waals surface area (Å²) in [5.74, 6) is -0.00920. The van der Waals surface area contributed by atoms with Gasteiger partial charge in [-0.2, -0.15) is 5.26 Å². The van der Waals surface area contributed by atoms with Crippen LogP contribution in [0.3, 0.4) is 0 Å². The van der Waals surface area contributed by atoms with Gasteiger partial charge in [-0.25, -0.2) is 0 Å². The van der Waals surface area contributed by atoms with E-state index < -0.39 is 5.91 Å². The Balaban J connectivity index is 1.81. The van der Waals surface area contributed by atoms with Crippen molar-refractivity contribution in [1.29, 1.82) is 5.26 Å². The van der Waals surface area contributed by atoms with Gasteiger partial charge in [0.2, 0.25) is 0 Å². The molecule has 3 aromatic carbocycles. The van der Waals surface area contributed by atoms with Gasteiger partial charge in [-0.1, -0.05) is 39.7 Å². The van der Waals surface area contributed by atoms with E-state index >= 15 is 0 Å². The number of aromatic hydroxyl groups is 1. The molecule has 0 radical (unpaired) electrons. The van der Waals surface area contributed by atoms with E-state index in [1.165, 1.54) is 30.3 Å². The third-order valence-corrected chi connectivity index (χ3v) is 4.83. The van der Waals surface area contributed by atoms with Crippen molar-refractivity contribution in [3.8, 4) is 17.6 Å². The molecule has 1 amide bonds. The number of benzene rings is 3. The van der Waals surface area contributed by atoms with E-state index in [0.29, 0.717) is 28.6 Å². The van der Waals surface area contributed by atoms with Crippen LogP contribution in [0.25, 0.3) is 6.08 Å². The quantitative estimate of drug-likeness (QED) is 0.258. The second-order valence-corrected chi connectivity index (χ2v) is 7.62. The first kappa shape index (κ1) is 21.4. The summed E-state index contributed by atoms with van der Waals surface area (Å²) in [6.45, 7) is 0.317. The Morgan fingerprint density at radius 3 is 2.50 bits per heavy atom. The van der Waals surface area contributed by atoms with Crippen LogP contribution in [-0.4, -0.2) is 11.0 Å². The first-order valence-electron chi connectivity index (χ1n) is 8.83. The van der Waals surface area contributed by atoms with Crippen LogP contribution in [0.1, 0.15) is 11.1 Å². The fraction of sp³-hybridized carbons (Fsp3) is 0.0435. The zero-order valence-electron chi connectivity index (χ0n) is 15.6. The van der Waals surface area contributed by atoms with Gasteiger partial charge in [-0.3, -0.25) is 4.79 Å². The smallest absolute Gasteiger partial charge is 0.266 e. The molecule has 0 heterocycles. The lowest BCUT2D eigenvalue weighted by Gasteiger charge is -2.11. The van der Waals surface area contributed by atoms with E-state index in [9.17, 15) is 15.2 Å². The van der Waals surface area contributed by atoms with Crippen LogP contribution >= 0.6 is 27.5 Å². The molecular formula is C23H16BrClN2O3. The van der Waals surface area contributed by atoms with Gasteiger partial charge < -0.3 is 15.2 Å². The Kier molecular flexibility index (Phi) is 7.12. The summed E-state index contributed by atoms with van der Waals surface area (Å²) in [6.07, 6.45) is 1.43. The topological polar surface area (TPSA) is 82.3 Å². The Bertz CT molecular complexity index is 1120. The molecule has 0 aromatic heterocycles. The maximum atomic E-state index is 12.5. The van der Waals surface area contributed by atoms with Crippen LogP contribution in [-0.2, 0) is 11.4 Å². The highest BCUT2D eigenvalue weighted by Crippen LogP contribution is 2.27. The van der Waals surface area contributed by atoms with Crippen molar-refractivity contribution >= 4 is 45.2 Å². The van der Waals surface area contributed by atoms with E-state index in [1.807, 2.05) is 30.3 Å². The second kappa shape index (κ2) is 9.97. The molecule has 150 valence electrons. The van der Waals surface area contributed by atoms with Crippen LogP contribution in [0, 0.1) is 11.3 Å². The highest BCUT2D eigenvalue weighted by molar-refractivity contribution is 9.10. The van der Waals surface area contributed by atoms with Crippen LogP contribution in [0.2, 0.25) is 5.02 Å².